The number of unbranched alkanes of at least 4 members (excludes halogenated alkanes) is 10. The second-order valence-electron chi connectivity index (χ2n) is 11.9. The molecule has 0 aromatic heterocycles. The minimum atomic E-state index is -0.00428. The SMILES string of the molecule is CCCCCCCCOC(=S)NC1(CC2(NC(=S)OCCCCCCCC)CCCCC2)CCCCC1. The Bertz CT molecular complexity index is 564. The lowest BCUT2D eigenvalue weighted by Crippen LogP contribution is -2.60. The van der Waals surface area contributed by atoms with Crippen molar-refractivity contribution in [1.29, 1.82) is 0 Å². The van der Waals surface area contributed by atoms with Crippen molar-refractivity contribution in [1.82, 2.24) is 10.6 Å². The molecule has 0 saturated heterocycles. The van der Waals surface area contributed by atoms with Crippen LogP contribution >= 0.6 is 24.4 Å². The lowest BCUT2D eigenvalue weighted by molar-refractivity contribution is 0.131. The predicted octanol–water partition coefficient (Wildman–Crippen LogP) is 9.29. The minimum absolute atomic E-state index is 0.00428. The molecule has 0 heterocycles. The lowest BCUT2D eigenvalue weighted by Gasteiger charge is -2.48. The van der Waals surface area contributed by atoms with Crippen LogP contribution in [0.1, 0.15) is 162 Å². The van der Waals surface area contributed by atoms with Crippen LogP contribution in [-0.2, 0) is 9.47 Å². The van der Waals surface area contributed by atoms with E-state index < -0.39 is 0 Å². The van der Waals surface area contributed by atoms with Crippen LogP contribution in [0.5, 0.6) is 0 Å². The minimum Gasteiger partial charge on any atom is -0.471 e. The van der Waals surface area contributed by atoms with Crippen LogP contribution in [-0.4, -0.2) is 34.6 Å². The molecule has 216 valence electrons. The number of nitrogens with one attached hydrogen (secondary N) is 2. The van der Waals surface area contributed by atoms with Crippen LogP contribution in [0.2, 0.25) is 0 Å². The van der Waals surface area contributed by atoms with E-state index in [-0.39, 0.29) is 11.1 Å². The van der Waals surface area contributed by atoms with Gasteiger partial charge < -0.3 is 20.1 Å². The maximum atomic E-state index is 6.03. The summed E-state index contributed by atoms with van der Waals surface area (Å²) in [5.74, 6) is 0. The van der Waals surface area contributed by atoms with E-state index in [1.807, 2.05) is 0 Å². The quantitative estimate of drug-likeness (QED) is 0.130. The van der Waals surface area contributed by atoms with Gasteiger partial charge in [0.1, 0.15) is 0 Å². The Labute approximate surface area is 240 Å². The molecule has 0 bridgehead atoms. The summed E-state index contributed by atoms with van der Waals surface area (Å²) in [6, 6.07) is 0. The second-order valence-corrected chi connectivity index (χ2v) is 12.7. The van der Waals surface area contributed by atoms with Gasteiger partial charge in [0.2, 0.25) is 0 Å². The summed E-state index contributed by atoms with van der Waals surface area (Å²) in [6.07, 6.45) is 28.5. The van der Waals surface area contributed by atoms with Gasteiger partial charge in [-0.3, -0.25) is 0 Å². The van der Waals surface area contributed by atoms with Gasteiger partial charge in [-0.25, -0.2) is 0 Å². The summed E-state index contributed by atoms with van der Waals surface area (Å²) in [7, 11) is 0. The first kappa shape index (κ1) is 32.6. The molecule has 0 atom stereocenters. The molecule has 0 aromatic rings. The summed E-state index contributed by atoms with van der Waals surface area (Å²) in [5, 5.41) is 8.70. The van der Waals surface area contributed by atoms with E-state index >= 15 is 0 Å². The third-order valence-electron chi connectivity index (χ3n) is 8.49. The van der Waals surface area contributed by atoms with Gasteiger partial charge in [0.25, 0.3) is 10.3 Å². The standard InChI is InChI=1S/C31H58N2O2S2/c1-3-5-7-9-11-19-25-34-28(36)32-30(21-15-13-16-22-30)27-31(23-17-14-18-24-31)33-29(37)35-26-20-12-10-8-6-4-2/h3-27H2,1-2H3,(H,32,36)(H,33,37). The average molecular weight is 555 g/mol. The van der Waals surface area contributed by atoms with Crippen molar-refractivity contribution in [3.8, 4) is 0 Å². The third-order valence-corrected chi connectivity index (χ3v) is 8.93. The third kappa shape index (κ3) is 13.8. The smallest absolute Gasteiger partial charge is 0.257 e. The Kier molecular flexibility index (Phi) is 17.1. The molecule has 0 radical (unpaired) electrons. The van der Waals surface area contributed by atoms with Crippen molar-refractivity contribution >= 4 is 34.8 Å². The number of rotatable bonds is 18. The molecule has 2 fully saturated rings. The molecule has 0 unspecified atom stereocenters. The molecule has 2 N–H and O–H groups in total. The van der Waals surface area contributed by atoms with Gasteiger partial charge in [0.05, 0.1) is 13.2 Å². The summed E-state index contributed by atoms with van der Waals surface area (Å²) in [6.45, 7) is 5.98. The molecule has 4 nitrogen and oxygen atoms in total. The van der Waals surface area contributed by atoms with Crippen LogP contribution in [0.15, 0.2) is 0 Å². The highest BCUT2D eigenvalue weighted by Crippen LogP contribution is 2.41. The largest absolute Gasteiger partial charge is 0.471 e. The highest BCUT2D eigenvalue weighted by Gasteiger charge is 2.43. The van der Waals surface area contributed by atoms with E-state index in [2.05, 4.69) is 24.5 Å². The molecule has 2 aliphatic rings. The molecule has 0 aromatic carbocycles. The fraction of sp³-hybridized carbons (Fsp3) is 0.935. The van der Waals surface area contributed by atoms with Crippen LogP contribution in [0.4, 0.5) is 0 Å². The van der Waals surface area contributed by atoms with Crippen molar-refractivity contribution in [2.24, 2.45) is 0 Å². The Hall–Kier alpha value is -0.620. The lowest BCUT2D eigenvalue weighted by atomic mass is 9.68. The topological polar surface area (TPSA) is 42.5 Å². The summed E-state index contributed by atoms with van der Waals surface area (Å²) in [5.41, 5.74) is -0.00855. The summed E-state index contributed by atoms with van der Waals surface area (Å²) < 4.78 is 12.1. The van der Waals surface area contributed by atoms with Gasteiger partial charge >= 0.3 is 0 Å². The predicted molar refractivity (Wildman–Crippen MR) is 166 cm³/mol. The first-order chi connectivity index (χ1) is 18.0. The first-order valence-corrected chi connectivity index (χ1v) is 16.7. The fourth-order valence-electron chi connectivity index (χ4n) is 6.40. The number of thiocarbonyl (C=S) groups is 2. The van der Waals surface area contributed by atoms with Crippen molar-refractivity contribution in [3.05, 3.63) is 0 Å². The van der Waals surface area contributed by atoms with Gasteiger partial charge in [-0.2, -0.15) is 0 Å². The van der Waals surface area contributed by atoms with Gasteiger partial charge in [0.15, 0.2) is 0 Å². The molecule has 6 heteroatoms. The van der Waals surface area contributed by atoms with Gasteiger partial charge in [-0.05, 0) is 69.4 Å². The highest BCUT2D eigenvalue weighted by atomic mass is 32.1. The molecular weight excluding hydrogens is 496 g/mol. The number of ether oxygens (including phenoxy) is 2. The average Bonchev–Trinajstić information content (AvgIpc) is 2.88. The van der Waals surface area contributed by atoms with Crippen LogP contribution < -0.4 is 10.6 Å². The Morgan fingerprint density at radius 3 is 1.27 bits per heavy atom. The van der Waals surface area contributed by atoms with E-state index in [4.69, 9.17) is 33.9 Å². The second kappa shape index (κ2) is 19.4. The van der Waals surface area contributed by atoms with E-state index in [0.717, 1.165) is 58.2 Å². The van der Waals surface area contributed by atoms with Crippen molar-refractivity contribution < 1.29 is 9.47 Å². The zero-order valence-corrected chi connectivity index (χ0v) is 25.9. The molecule has 2 rings (SSSR count). The van der Waals surface area contributed by atoms with Gasteiger partial charge in [-0.15, -0.1) is 0 Å². The maximum absolute atomic E-state index is 6.03. The summed E-state index contributed by atoms with van der Waals surface area (Å²) >= 11 is 11.4. The van der Waals surface area contributed by atoms with Crippen molar-refractivity contribution in [2.45, 2.75) is 173 Å². The Morgan fingerprint density at radius 2 is 0.892 bits per heavy atom. The normalized spacial score (nSPS) is 18.6. The molecule has 2 saturated carbocycles. The molecule has 37 heavy (non-hydrogen) atoms. The maximum Gasteiger partial charge on any atom is 0.257 e. The zero-order chi connectivity index (χ0) is 26.7. The monoisotopic (exact) mass is 554 g/mol. The first-order valence-electron chi connectivity index (χ1n) is 15.9. The van der Waals surface area contributed by atoms with Crippen molar-refractivity contribution in [3.63, 3.8) is 0 Å². The molecule has 0 aliphatic heterocycles. The van der Waals surface area contributed by atoms with E-state index in [1.165, 1.54) is 103 Å². The van der Waals surface area contributed by atoms with Crippen molar-refractivity contribution in [2.75, 3.05) is 13.2 Å². The van der Waals surface area contributed by atoms with Crippen LogP contribution in [0.3, 0.4) is 0 Å². The van der Waals surface area contributed by atoms with E-state index in [9.17, 15) is 0 Å². The Morgan fingerprint density at radius 1 is 0.541 bits per heavy atom. The van der Waals surface area contributed by atoms with Crippen LogP contribution in [0.25, 0.3) is 0 Å². The molecule has 0 spiro atoms. The molecular formula is C31H58N2O2S2. The zero-order valence-electron chi connectivity index (χ0n) is 24.3. The highest BCUT2D eigenvalue weighted by molar-refractivity contribution is 7.80. The fourth-order valence-corrected chi connectivity index (χ4v) is 7.00. The van der Waals surface area contributed by atoms with E-state index in [0.29, 0.717) is 10.3 Å². The van der Waals surface area contributed by atoms with E-state index in [1.54, 1.807) is 0 Å². The molecule has 2 aliphatic carbocycles. The van der Waals surface area contributed by atoms with Gasteiger partial charge in [0, 0.05) is 11.1 Å². The van der Waals surface area contributed by atoms with Gasteiger partial charge in [-0.1, -0.05) is 117 Å². The Balaban J connectivity index is 1.86. The molecule has 0 amide bonds. The number of hydrogen-bond acceptors (Lipinski definition) is 4. The number of hydrogen-bond donors (Lipinski definition) is 2. The summed E-state index contributed by atoms with van der Waals surface area (Å²) in [4.78, 5) is 0. The van der Waals surface area contributed by atoms with Crippen LogP contribution in [0, 0.1) is 0 Å².